The molecule has 4 aliphatic carbocycles. The van der Waals surface area contributed by atoms with Gasteiger partial charge in [-0.1, -0.05) is 153 Å². The average Bonchev–Trinajstić information content (AvgIpc) is 3.69. The SMILES string of the molecule is CCC(C)(C)C.CCC1(C(F)(F)F)CCCC1.CCC1(C(F)(F)F)CCCCC1.CCC1(C)CCCC1.CCC1(C)CCCCC1. The van der Waals surface area contributed by atoms with Gasteiger partial charge in [-0.3, -0.25) is 0 Å². The van der Waals surface area contributed by atoms with E-state index in [9.17, 15) is 26.3 Å². The molecule has 0 aliphatic heterocycles. The van der Waals surface area contributed by atoms with Crippen LogP contribution in [0.4, 0.5) is 26.3 Å². The minimum absolute atomic E-state index is 0.247. The highest BCUT2D eigenvalue weighted by atomic mass is 19.4. The van der Waals surface area contributed by atoms with Crippen molar-refractivity contribution in [3.63, 3.8) is 0 Å². The first-order valence-corrected chi connectivity index (χ1v) is 19.3. The van der Waals surface area contributed by atoms with Crippen LogP contribution in [0.15, 0.2) is 0 Å². The first-order chi connectivity index (χ1) is 21.1. The maximum Gasteiger partial charge on any atom is 0.394 e. The smallest absolute Gasteiger partial charge is 0.171 e. The van der Waals surface area contributed by atoms with Crippen molar-refractivity contribution in [1.82, 2.24) is 0 Å². The number of hydrogen-bond donors (Lipinski definition) is 0. The molecule has 0 N–H and O–H groups in total. The second-order valence-electron chi connectivity index (χ2n) is 17.0. The number of hydrogen-bond acceptors (Lipinski definition) is 0. The first-order valence-electron chi connectivity index (χ1n) is 19.3. The second-order valence-corrected chi connectivity index (χ2v) is 17.0. The van der Waals surface area contributed by atoms with E-state index in [0.717, 1.165) is 42.9 Å². The van der Waals surface area contributed by atoms with E-state index in [1.165, 1.54) is 77.0 Å². The lowest BCUT2D eigenvalue weighted by Crippen LogP contribution is -2.39. The molecule has 0 aromatic rings. The van der Waals surface area contributed by atoms with Crippen molar-refractivity contribution in [2.45, 2.75) is 229 Å². The van der Waals surface area contributed by atoms with Crippen molar-refractivity contribution in [1.29, 1.82) is 0 Å². The highest BCUT2D eigenvalue weighted by Gasteiger charge is 2.54. The van der Waals surface area contributed by atoms with E-state index >= 15 is 0 Å². The fraction of sp³-hybridized carbons (Fsp3) is 1.00. The molecular formula is C40H76F6. The van der Waals surface area contributed by atoms with E-state index in [2.05, 4.69) is 55.4 Å². The molecule has 0 bridgehead atoms. The third-order valence-electron chi connectivity index (χ3n) is 12.6. The predicted octanol–water partition coefficient (Wildman–Crippen LogP) is 16.2. The minimum Gasteiger partial charge on any atom is -0.171 e. The maximum atomic E-state index is 12.6. The van der Waals surface area contributed by atoms with E-state index in [-0.39, 0.29) is 12.8 Å². The highest BCUT2D eigenvalue weighted by molar-refractivity contribution is 4.90. The van der Waals surface area contributed by atoms with Crippen LogP contribution < -0.4 is 0 Å². The lowest BCUT2D eigenvalue weighted by atomic mass is 9.72. The van der Waals surface area contributed by atoms with Gasteiger partial charge in [0.15, 0.2) is 0 Å². The number of halogens is 6. The van der Waals surface area contributed by atoms with Gasteiger partial charge in [0.05, 0.1) is 10.8 Å². The van der Waals surface area contributed by atoms with E-state index < -0.39 is 23.2 Å². The first kappa shape index (κ1) is 45.6. The van der Waals surface area contributed by atoms with Gasteiger partial charge in [-0.15, -0.1) is 0 Å². The van der Waals surface area contributed by atoms with Crippen molar-refractivity contribution < 1.29 is 26.3 Å². The normalized spacial score (nSPS) is 23.2. The summed E-state index contributed by atoms with van der Waals surface area (Å²) in [5.74, 6) is 0. The third-order valence-corrected chi connectivity index (χ3v) is 12.6. The van der Waals surface area contributed by atoms with Crippen LogP contribution in [0.5, 0.6) is 0 Å². The molecule has 4 aliphatic rings. The zero-order valence-corrected chi connectivity index (χ0v) is 32.0. The predicted molar refractivity (Wildman–Crippen MR) is 187 cm³/mol. The topological polar surface area (TPSA) is 0 Å². The number of alkyl halides is 6. The fourth-order valence-electron chi connectivity index (χ4n) is 7.30. The van der Waals surface area contributed by atoms with Gasteiger partial charge in [-0.2, -0.15) is 26.3 Å². The van der Waals surface area contributed by atoms with Crippen LogP contribution in [0.1, 0.15) is 217 Å². The molecule has 0 nitrogen and oxygen atoms in total. The molecule has 0 amide bonds. The maximum absolute atomic E-state index is 12.6. The molecule has 0 unspecified atom stereocenters. The lowest BCUT2D eigenvalue weighted by molar-refractivity contribution is -0.235. The van der Waals surface area contributed by atoms with Gasteiger partial charge in [-0.25, -0.2) is 0 Å². The van der Waals surface area contributed by atoms with Crippen LogP contribution in [-0.2, 0) is 0 Å². The summed E-state index contributed by atoms with van der Waals surface area (Å²) >= 11 is 0. The molecule has 0 saturated heterocycles. The highest BCUT2D eigenvalue weighted by Crippen LogP contribution is 2.53. The lowest BCUT2D eigenvalue weighted by Gasteiger charge is -2.38. The molecule has 0 radical (unpaired) electrons. The Morgan fingerprint density at radius 3 is 0.761 bits per heavy atom. The molecule has 0 atom stereocenters. The van der Waals surface area contributed by atoms with E-state index in [0.29, 0.717) is 31.1 Å². The van der Waals surface area contributed by atoms with Crippen molar-refractivity contribution in [2.75, 3.05) is 0 Å². The van der Waals surface area contributed by atoms with Gasteiger partial charge in [0.25, 0.3) is 0 Å². The Hall–Kier alpha value is -0.420. The van der Waals surface area contributed by atoms with Gasteiger partial charge < -0.3 is 0 Å². The van der Waals surface area contributed by atoms with Crippen molar-refractivity contribution in [2.24, 2.45) is 27.1 Å². The van der Waals surface area contributed by atoms with Gasteiger partial charge in [0, 0.05) is 0 Å². The van der Waals surface area contributed by atoms with Crippen molar-refractivity contribution in [3.05, 3.63) is 0 Å². The summed E-state index contributed by atoms with van der Waals surface area (Å²) < 4.78 is 75.0. The summed E-state index contributed by atoms with van der Waals surface area (Å²) in [6.07, 6.45) is 15.2. The molecule has 46 heavy (non-hydrogen) atoms. The second kappa shape index (κ2) is 20.3. The Kier molecular flexibility index (Phi) is 20.1. The fourth-order valence-corrected chi connectivity index (χ4v) is 7.30. The van der Waals surface area contributed by atoms with Gasteiger partial charge >= 0.3 is 12.4 Å². The van der Waals surface area contributed by atoms with Crippen LogP contribution in [0, 0.1) is 27.1 Å². The molecule has 4 rings (SSSR count). The zero-order valence-electron chi connectivity index (χ0n) is 32.0. The summed E-state index contributed by atoms with van der Waals surface area (Å²) in [6, 6.07) is 0. The van der Waals surface area contributed by atoms with Gasteiger partial charge in [0.2, 0.25) is 0 Å². The molecule has 6 heteroatoms. The Labute approximate surface area is 282 Å². The van der Waals surface area contributed by atoms with Crippen LogP contribution in [0.3, 0.4) is 0 Å². The van der Waals surface area contributed by atoms with E-state index in [1.54, 1.807) is 13.8 Å². The average molecular weight is 671 g/mol. The number of rotatable bonds is 4. The molecule has 0 spiro atoms. The molecule has 0 heterocycles. The van der Waals surface area contributed by atoms with E-state index in [1.807, 2.05) is 0 Å². The Balaban J connectivity index is 0.000000561. The van der Waals surface area contributed by atoms with Crippen molar-refractivity contribution in [3.8, 4) is 0 Å². The third kappa shape index (κ3) is 15.9. The largest absolute Gasteiger partial charge is 0.394 e. The summed E-state index contributed by atoms with van der Waals surface area (Å²) in [5, 5.41) is 0. The van der Waals surface area contributed by atoms with Crippen LogP contribution >= 0.6 is 0 Å². The summed E-state index contributed by atoms with van der Waals surface area (Å²) in [6.45, 7) is 21.7. The zero-order chi connectivity index (χ0) is 35.8. The molecule has 4 saturated carbocycles. The van der Waals surface area contributed by atoms with Gasteiger partial charge in [-0.05, 0) is 80.5 Å². The quantitative estimate of drug-likeness (QED) is 0.261. The van der Waals surface area contributed by atoms with Crippen LogP contribution in [0.25, 0.3) is 0 Å². The van der Waals surface area contributed by atoms with Crippen molar-refractivity contribution >= 4 is 0 Å². The molecule has 0 aromatic heterocycles. The summed E-state index contributed by atoms with van der Waals surface area (Å²) in [7, 11) is 0. The Morgan fingerprint density at radius 2 is 0.609 bits per heavy atom. The Bertz CT molecular complexity index is 748. The molecule has 0 aromatic carbocycles. The molecule has 4 fully saturated rings. The minimum atomic E-state index is -3.98. The summed E-state index contributed by atoms with van der Waals surface area (Å²) in [4.78, 5) is 0. The Morgan fingerprint density at radius 1 is 0.391 bits per heavy atom. The molecule has 278 valence electrons. The van der Waals surface area contributed by atoms with Crippen LogP contribution in [0.2, 0.25) is 0 Å². The molecular weight excluding hydrogens is 594 g/mol. The van der Waals surface area contributed by atoms with Crippen LogP contribution in [-0.4, -0.2) is 12.4 Å². The monoisotopic (exact) mass is 671 g/mol. The summed E-state index contributed by atoms with van der Waals surface area (Å²) in [5.41, 5.74) is -0.670. The van der Waals surface area contributed by atoms with E-state index in [4.69, 9.17) is 0 Å². The van der Waals surface area contributed by atoms with Gasteiger partial charge in [0.1, 0.15) is 0 Å². The standard InChI is InChI=1S/C9H15F3.C9H18.C8H13F3.C8H16.C6H14/c1-2-8(9(10,11)12)6-4-3-5-7-8;1-3-9(2)7-5-4-6-8-9;1-2-7(8(9,10)11)5-3-4-6-7;1-3-8(2)6-4-5-7-8;1-5-6(2,3)4/h2-7H2,1H3;3-8H2,1-2H3;2-6H2,1H3;3-7H2,1-2H3;5H2,1-4H3.